The van der Waals surface area contributed by atoms with Crippen molar-refractivity contribution >= 4 is 23.4 Å². The maximum Gasteiger partial charge on any atom is 0.131 e. The maximum absolute atomic E-state index is 9.52. The standard InChI is InChI=1S/C20H18ClNO2.C11H16O.C5H10/c1-4-13-9-14-5-6-15(21)10-18(14)20(22-12-13)17-8-7-16(23-2)11-19(17)24-3;1-3-4-11(12)10-7-5-9(2)6-8-10;1-4-5(2)3/h4-11H,1,12H2,2-3H3;4-5,7,12H,3,6,8H2,1-2H3;4H,1-3H3/b;11-4-;. The van der Waals surface area contributed by atoms with Crippen LogP contribution in [0.2, 0.25) is 5.02 Å². The molecule has 0 saturated heterocycles. The summed E-state index contributed by atoms with van der Waals surface area (Å²) >= 11 is 6.23. The number of hydrogen-bond donors (Lipinski definition) is 1. The summed E-state index contributed by atoms with van der Waals surface area (Å²) in [5, 5.41) is 10.2. The number of aliphatic imine (C=N–C) groups is 1. The van der Waals surface area contributed by atoms with Crippen LogP contribution in [0.3, 0.4) is 0 Å². The molecule has 41 heavy (non-hydrogen) atoms. The number of fused-ring (bicyclic) bond motifs is 1. The highest BCUT2D eigenvalue weighted by molar-refractivity contribution is 6.31. The van der Waals surface area contributed by atoms with Gasteiger partial charge >= 0.3 is 0 Å². The van der Waals surface area contributed by atoms with Crippen LogP contribution in [0.25, 0.3) is 6.08 Å². The zero-order valence-electron chi connectivity index (χ0n) is 25.6. The lowest BCUT2D eigenvalue weighted by molar-refractivity contribution is 0.394. The van der Waals surface area contributed by atoms with Crippen molar-refractivity contribution in [1.29, 1.82) is 0 Å². The van der Waals surface area contributed by atoms with Gasteiger partial charge in [0, 0.05) is 22.2 Å². The number of hydrogen-bond acceptors (Lipinski definition) is 4. The minimum Gasteiger partial charge on any atom is -0.508 e. The molecule has 1 aliphatic heterocycles. The fraction of sp³-hybridized carbons (Fsp3) is 0.306. The number of aliphatic hydroxyl groups excluding tert-OH is 1. The van der Waals surface area contributed by atoms with Gasteiger partial charge in [-0.25, -0.2) is 0 Å². The van der Waals surface area contributed by atoms with Crippen LogP contribution in [0.1, 0.15) is 70.6 Å². The zero-order valence-corrected chi connectivity index (χ0v) is 26.3. The summed E-state index contributed by atoms with van der Waals surface area (Å²) in [4.78, 5) is 4.79. The predicted octanol–water partition coefficient (Wildman–Crippen LogP) is 10.3. The van der Waals surface area contributed by atoms with Crippen molar-refractivity contribution < 1.29 is 14.6 Å². The summed E-state index contributed by atoms with van der Waals surface area (Å²) in [6, 6.07) is 11.5. The van der Waals surface area contributed by atoms with Crippen LogP contribution in [-0.4, -0.2) is 31.6 Å². The molecule has 0 unspecified atom stereocenters. The minimum atomic E-state index is 0.459. The molecule has 0 fully saturated rings. The molecule has 0 aromatic heterocycles. The Morgan fingerprint density at radius 1 is 1.05 bits per heavy atom. The number of ether oxygens (including phenoxy) is 2. The van der Waals surface area contributed by atoms with E-state index < -0.39 is 0 Å². The van der Waals surface area contributed by atoms with Crippen LogP contribution < -0.4 is 9.47 Å². The van der Waals surface area contributed by atoms with Gasteiger partial charge in [0.15, 0.2) is 0 Å². The van der Waals surface area contributed by atoms with E-state index in [1.807, 2.05) is 68.5 Å². The molecule has 0 radical (unpaired) electrons. The normalized spacial score (nSPS) is 14.1. The Bertz CT molecular complexity index is 1390. The van der Waals surface area contributed by atoms with Crippen LogP contribution in [0.5, 0.6) is 11.5 Å². The van der Waals surface area contributed by atoms with Gasteiger partial charge in [0.2, 0.25) is 0 Å². The Balaban J connectivity index is 0.000000288. The van der Waals surface area contributed by atoms with Gasteiger partial charge in [-0.2, -0.15) is 0 Å². The molecule has 0 atom stereocenters. The van der Waals surface area contributed by atoms with Crippen LogP contribution in [0.4, 0.5) is 0 Å². The number of benzene rings is 2. The fourth-order valence-corrected chi connectivity index (χ4v) is 4.16. The van der Waals surface area contributed by atoms with Gasteiger partial charge in [-0.1, -0.05) is 66.6 Å². The summed E-state index contributed by atoms with van der Waals surface area (Å²) in [5.41, 5.74) is 8.68. The molecule has 0 saturated carbocycles. The van der Waals surface area contributed by atoms with Gasteiger partial charge in [-0.05, 0) is 100 Å². The number of allylic oxidation sites excluding steroid dienone is 7. The van der Waals surface area contributed by atoms with Gasteiger partial charge < -0.3 is 14.6 Å². The van der Waals surface area contributed by atoms with E-state index >= 15 is 0 Å². The molecule has 2 aromatic carbocycles. The summed E-state index contributed by atoms with van der Waals surface area (Å²) in [6.07, 6.45) is 14.9. The van der Waals surface area contributed by atoms with E-state index in [2.05, 4.69) is 45.6 Å². The Labute approximate surface area is 251 Å². The molecule has 2 aromatic rings. The van der Waals surface area contributed by atoms with Crippen molar-refractivity contribution in [2.75, 3.05) is 20.8 Å². The fourth-order valence-electron chi connectivity index (χ4n) is 3.99. The maximum atomic E-state index is 9.52. The Kier molecular flexibility index (Phi) is 14.0. The third-order valence-corrected chi connectivity index (χ3v) is 6.85. The first-order chi connectivity index (χ1) is 19.7. The lowest BCUT2D eigenvalue weighted by Crippen LogP contribution is -2.08. The van der Waals surface area contributed by atoms with Crippen LogP contribution >= 0.6 is 11.6 Å². The molecule has 4 rings (SSSR count). The summed E-state index contributed by atoms with van der Waals surface area (Å²) in [7, 11) is 3.27. The molecule has 1 heterocycles. The third kappa shape index (κ3) is 10.3. The first kappa shape index (κ1) is 33.4. The zero-order chi connectivity index (χ0) is 30.4. The molecular weight excluding hydrogens is 530 g/mol. The molecule has 2 aliphatic rings. The van der Waals surface area contributed by atoms with E-state index in [0.717, 1.165) is 58.6 Å². The molecule has 0 spiro atoms. The van der Waals surface area contributed by atoms with Gasteiger partial charge in [0.25, 0.3) is 0 Å². The van der Waals surface area contributed by atoms with Crippen molar-refractivity contribution in [3.63, 3.8) is 0 Å². The molecule has 1 N–H and O–H groups in total. The molecular formula is C36H44ClNO3. The highest BCUT2D eigenvalue weighted by Gasteiger charge is 2.18. The van der Waals surface area contributed by atoms with Crippen LogP contribution in [0, 0.1) is 0 Å². The predicted molar refractivity (Wildman–Crippen MR) is 177 cm³/mol. The molecule has 0 amide bonds. The largest absolute Gasteiger partial charge is 0.508 e. The highest BCUT2D eigenvalue weighted by atomic mass is 35.5. The quantitative estimate of drug-likeness (QED) is 0.276. The lowest BCUT2D eigenvalue weighted by atomic mass is 9.96. The molecule has 1 aliphatic carbocycles. The van der Waals surface area contributed by atoms with E-state index in [1.54, 1.807) is 14.2 Å². The molecule has 4 nitrogen and oxygen atoms in total. The summed E-state index contributed by atoms with van der Waals surface area (Å²) in [5.74, 6) is 1.91. The smallest absolute Gasteiger partial charge is 0.131 e. The summed E-state index contributed by atoms with van der Waals surface area (Å²) < 4.78 is 10.8. The molecule has 5 heteroatoms. The van der Waals surface area contributed by atoms with E-state index in [4.69, 9.17) is 26.1 Å². The van der Waals surface area contributed by atoms with Gasteiger partial charge in [0.05, 0.1) is 26.5 Å². The van der Waals surface area contributed by atoms with Crippen molar-refractivity contribution in [3.8, 4) is 11.5 Å². The first-order valence-corrected chi connectivity index (χ1v) is 14.3. The van der Waals surface area contributed by atoms with Gasteiger partial charge in [-0.15, -0.1) is 0 Å². The minimum absolute atomic E-state index is 0.459. The second-order valence-electron chi connectivity index (χ2n) is 9.95. The number of halogens is 1. The van der Waals surface area contributed by atoms with E-state index in [9.17, 15) is 5.11 Å². The molecule has 0 bridgehead atoms. The van der Waals surface area contributed by atoms with E-state index in [0.29, 0.717) is 23.1 Å². The third-order valence-electron chi connectivity index (χ3n) is 6.62. The number of rotatable bonds is 6. The Hall–Kier alpha value is -3.76. The number of methoxy groups -OCH3 is 2. The second kappa shape index (κ2) is 17.1. The topological polar surface area (TPSA) is 51.0 Å². The number of nitrogens with zero attached hydrogens (tertiary/aromatic N) is 1. The van der Waals surface area contributed by atoms with Crippen LogP contribution in [0.15, 0.2) is 106 Å². The van der Waals surface area contributed by atoms with Crippen LogP contribution in [-0.2, 0) is 0 Å². The van der Waals surface area contributed by atoms with Gasteiger partial charge in [-0.3, -0.25) is 4.99 Å². The Morgan fingerprint density at radius 2 is 1.78 bits per heavy atom. The number of aliphatic hydroxyl groups is 1. The van der Waals surface area contributed by atoms with E-state index in [-0.39, 0.29) is 0 Å². The van der Waals surface area contributed by atoms with Crippen molar-refractivity contribution in [2.24, 2.45) is 4.99 Å². The lowest BCUT2D eigenvalue weighted by Gasteiger charge is -2.14. The summed E-state index contributed by atoms with van der Waals surface area (Å²) in [6.45, 7) is 14.8. The van der Waals surface area contributed by atoms with E-state index in [1.165, 1.54) is 11.1 Å². The SMILES string of the molecule is C=CC1=Cc2ccc(Cl)cc2C(c2ccc(OC)cc2OC)=NC1.CC/C=C(\O)C1=CC=C(C)CC1.CC=C(C)C. The van der Waals surface area contributed by atoms with Crippen molar-refractivity contribution in [2.45, 2.75) is 53.9 Å². The van der Waals surface area contributed by atoms with Crippen molar-refractivity contribution in [3.05, 3.63) is 123 Å². The van der Waals surface area contributed by atoms with Crippen molar-refractivity contribution in [1.82, 2.24) is 0 Å². The second-order valence-corrected chi connectivity index (χ2v) is 10.4. The van der Waals surface area contributed by atoms with Gasteiger partial charge in [0.1, 0.15) is 17.3 Å². The highest BCUT2D eigenvalue weighted by Crippen LogP contribution is 2.31. The average Bonchev–Trinajstić information content (AvgIpc) is 3.16. The average molecular weight is 574 g/mol. The first-order valence-electron chi connectivity index (χ1n) is 13.9. The monoisotopic (exact) mass is 573 g/mol. The Morgan fingerprint density at radius 3 is 2.34 bits per heavy atom. The molecule has 218 valence electrons.